The maximum atomic E-state index is 12.7. The van der Waals surface area contributed by atoms with Crippen LogP contribution >= 0.6 is 11.8 Å². The number of hydrogen-bond acceptors (Lipinski definition) is 4. The van der Waals surface area contributed by atoms with Crippen LogP contribution in [0.3, 0.4) is 0 Å². The van der Waals surface area contributed by atoms with Gasteiger partial charge in [0.05, 0.1) is 5.88 Å². The maximum absolute atomic E-state index is 12.7. The summed E-state index contributed by atoms with van der Waals surface area (Å²) >= 11 is 1.56. The normalized spacial score (nSPS) is 15.8. The minimum Gasteiger partial charge on any atom is -0.352 e. The molecular formula is C22H25N3O3S. The summed E-state index contributed by atoms with van der Waals surface area (Å²) < 4.78 is 0. The van der Waals surface area contributed by atoms with Gasteiger partial charge in [-0.25, -0.2) is 0 Å². The molecule has 1 aliphatic rings. The zero-order valence-electron chi connectivity index (χ0n) is 16.6. The first-order chi connectivity index (χ1) is 14.0. The molecule has 2 N–H and O–H groups in total. The highest BCUT2D eigenvalue weighted by Crippen LogP contribution is 2.23. The Morgan fingerprint density at radius 1 is 1.07 bits per heavy atom. The lowest BCUT2D eigenvalue weighted by atomic mass is 10.1. The molecule has 0 spiro atoms. The van der Waals surface area contributed by atoms with Crippen LogP contribution in [-0.2, 0) is 9.59 Å². The molecule has 0 saturated carbocycles. The van der Waals surface area contributed by atoms with E-state index in [0.29, 0.717) is 17.2 Å². The number of thioether (sulfide) groups is 1. The molecule has 1 atom stereocenters. The van der Waals surface area contributed by atoms with Gasteiger partial charge in [0.2, 0.25) is 11.8 Å². The van der Waals surface area contributed by atoms with Crippen molar-refractivity contribution in [2.24, 2.45) is 0 Å². The summed E-state index contributed by atoms with van der Waals surface area (Å²) in [5.41, 5.74) is 3.55. The first-order valence-electron chi connectivity index (χ1n) is 9.54. The topological polar surface area (TPSA) is 78.5 Å². The van der Waals surface area contributed by atoms with E-state index < -0.39 is 6.04 Å². The smallest absolute Gasteiger partial charge is 0.251 e. The van der Waals surface area contributed by atoms with E-state index in [2.05, 4.69) is 10.6 Å². The van der Waals surface area contributed by atoms with Crippen LogP contribution in [0.25, 0.3) is 0 Å². The first kappa shape index (κ1) is 20.9. The maximum Gasteiger partial charge on any atom is 0.251 e. The van der Waals surface area contributed by atoms with Crippen LogP contribution in [-0.4, -0.2) is 46.8 Å². The molecule has 3 rings (SSSR count). The van der Waals surface area contributed by atoms with Crippen LogP contribution in [0.1, 0.15) is 27.9 Å². The first-order valence-corrected chi connectivity index (χ1v) is 10.7. The molecule has 6 nitrogen and oxygen atoms in total. The second-order valence-electron chi connectivity index (χ2n) is 7.04. The molecule has 2 aromatic carbocycles. The van der Waals surface area contributed by atoms with E-state index in [1.807, 2.05) is 38.1 Å². The van der Waals surface area contributed by atoms with E-state index in [1.54, 1.807) is 40.9 Å². The molecule has 1 fully saturated rings. The molecule has 0 aromatic heterocycles. The van der Waals surface area contributed by atoms with Gasteiger partial charge in [0.1, 0.15) is 6.04 Å². The molecule has 0 radical (unpaired) electrons. The molecule has 152 valence electrons. The van der Waals surface area contributed by atoms with Crippen molar-refractivity contribution in [3.8, 4) is 0 Å². The highest BCUT2D eigenvalue weighted by Gasteiger charge is 2.34. The molecule has 29 heavy (non-hydrogen) atoms. The van der Waals surface area contributed by atoms with Crippen molar-refractivity contribution in [1.29, 1.82) is 0 Å². The van der Waals surface area contributed by atoms with Crippen molar-refractivity contribution in [2.45, 2.75) is 26.3 Å². The largest absolute Gasteiger partial charge is 0.352 e. The fourth-order valence-corrected chi connectivity index (χ4v) is 4.25. The monoisotopic (exact) mass is 411 g/mol. The van der Waals surface area contributed by atoms with Crippen LogP contribution in [0.5, 0.6) is 0 Å². The fraction of sp³-hybridized carbons (Fsp3) is 0.318. The Bertz CT molecular complexity index is 901. The number of amides is 3. The average Bonchev–Trinajstić information content (AvgIpc) is 3.21. The summed E-state index contributed by atoms with van der Waals surface area (Å²) in [6.45, 7) is 4.25. The number of nitrogens with zero attached hydrogens (tertiary/aromatic N) is 1. The highest BCUT2D eigenvalue weighted by molar-refractivity contribution is 7.99. The Balaban J connectivity index is 1.52. The number of carbonyl (C=O) groups is 3. The van der Waals surface area contributed by atoms with Crippen molar-refractivity contribution >= 4 is 35.2 Å². The molecule has 2 aromatic rings. The summed E-state index contributed by atoms with van der Waals surface area (Å²) in [7, 11) is 0. The van der Waals surface area contributed by atoms with Gasteiger partial charge < -0.3 is 15.5 Å². The third-order valence-electron chi connectivity index (χ3n) is 4.94. The molecule has 1 saturated heterocycles. The Kier molecular flexibility index (Phi) is 6.93. The summed E-state index contributed by atoms with van der Waals surface area (Å²) in [4.78, 5) is 39.0. The number of hydrogen-bond donors (Lipinski definition) is 2. The van der Waals surface area contributed by atoms with Crippen molar-refractivity contribution in [1.82, 2.24) is 10.2 Å². The van der Waals surface area contributed by atoms with Crippen LogP contribution in [0.4, 0.5) is 5.69 Å². The second-order valence-corrected chi connectivity index (χ2v) is 8.04. The van der Waals surface area contributed by atoms with Crippen LogP contribution < -0.4 is 10.6 Å². The van der Waals surface area contributed by atoms with Gasteiger partial charge >= 0.3 is 0 Å². The van der Waals surface area contributed by atoms with Gasteiger partial charge in [-0.05, 0) is 49.2 Å². The number of aryl methyl sites for hydroxylation is 2. The predicted molar refractivity (Wildman–Crippen MR) is 116 cm³/mol. The van der Waals surface area contributed by atoms with Gasteiger partial charge in [-0.2, -0.15) is 0 Å². The van der Waals surface area contributed by atoms with Gasteiger partial charge in [-0.3, -0.25) is 14.4 Å². The lowest BCUT2D eigenvalue weighted by Crippen LogP contribution is -2.45. The van der Waals surface area contributed by atoms with Gasteiger partial charge in [0.15, 0.2) is 0 Å². The third-order valence-corrected chi connectivity index (χ3v) is 5.95. The zero-order valence-corrected chi connectivity index (χ0v) is 17.4. The Labute approximate surface area is 175 Å². The predicted octanol–water partition coefficient (Wildman–Crippen LogP) is 2.96. The SMILES string of the molecule is Cc1ccc(NC(=O)C2CSCN2C(=O)CCNC(=O)c2ccccc2)cc1C. The van der Waals surface area contributed by atoms with E-state index in [0.717, 1.165) is 16.8 Å². The molecule has 1 aliphatic heterocycles. The van der Waals surface area contributed by atoms with Crippen molar-refractivity contribution in [3.63, 3.8) is 0 Å². The van der Waals surface area contributed by atoms with Crippen molar-refractivity contribution in [2.75, 3.05) is 23.5 Å². The average molecular weight is 412 g/mol. The van der Waals surface area contributed by atoms with Crippen LogP contribution in [0, 0.1) is 13.8 Å². The molecule has 0 aliphatic carbocycles. The molecule has 3 amide bonds. The fourth-order valence-electron chi connectivity index (χ4n) is 3.07. The van der Waals surface area contributed by atoms with Crippen molar-refractivity contribution in [3.05, 3.63) is 65.2 Å². The van der Waals surface area contributed by atoms with Crippen molar-refractivity contribution < 1.29 is 14.4 Å². The molecule has 7 heteroatoms. The Hall–Kier alpha value is -2.80. The van der Waals surface area contributed by atoms with E-state index in [4.69, 9.17) is 0 Å². The number of benzene rings is 2. The van der Waals surface area contributed by atoms with Gasteiger partial charge in [0, 0.05) is 30.0 Å². The van der Waals surface area contributed by atoms with E-state index >= 15 is 0 Å². The Morgan fingerprint density at radius 3 is 2.55 bits per heavy atom. The van der Waals surface area contributed by atoms with Crippen LogP contribution in [0.2, 0.25) is 0 Å². The van der Waals surface area contributed by atoms with Gasteiger partial charge in [-0.1, -0.05) is 24.3 Å². The zero-order chi connectivity index (χ0) is 20.8. The minimum absolute atomic E-state index is 0.136. The summed E-state index contributed by atoms with van der Waals surface area (Å²) in [5.74, 6) is 0.525. The number of nitrogens with one attached hydrogen (secondary N) is 2. The van der Waals surface area contributed by atoms with E-state index in [-0.39, 0.29) is 30.7 Å². The minimum atomic E-state index is -0.501. The quantitative estimate of drug-likeness (QED) is 0.766. The summed E-state index contributed by atoms with van der Waals surface area (Å²) in [6.07, 6.45) is 0.159. The number of anilines is 1. The third kappa shape index (κ3) is 5.38. The van der Waals surface area contributed by atoms with Gasteiger partial charge in [-0.15, -0.1) is 11.8 Å². The van der Waals surface area contributed by atoms with Crippen LogP contribution in [0.15, 0.2) is 48.5 Å². The number of rotatable bonds is 6. The second kappa shape index (κ2) is 9.60. The Morgan fingerprint density at radius 2 is 1.83 bits per heavy atom. The summed E-state index contributed by atoms with van der Waals surface area (Å²) in [6, 6.07) is 14.1. The lowest BCUT2D eigenvalue weighted by molar-refractivity contribution is -0.136. The van der Waals surface area contributed by atoms with Gasteiger partial charge in [0.25, 0.3) is 5.91 Å². The standard InChI is InChI=1S/C22H25N3O3S/c1-15-8-9-18(12-16(15)2)24-22(28)19-13-29-14-25(19)20(26)10-11-23-21(27)17-6-4-3-5-7-17/h3-9,12,19H,10-11,13-14H2,1-2H3,(H,23,27)(H,24,28). The van der Waals surface area contributed by atoms with E-state index in [1.165, 1.54) is 0 Å². The molecule has 1 heterocycles. The highest BCUT2D eigenvalue weighted by atomic mass is 32.2. The van der Waals surface area contributed by atoms with E-state index in [9.17, 15) is 14.4 Å². The molecular weight excluding hydrogens is 386 g/mol. The molecule has 0 bridgehead atoms. The molecule has 1 unspecified atom stereocenters. The number of carbonyl (C=O) groups excluding carboxylic acids is 3. The lowest BCUT2D eigenvalue weighted by Gasteiger charge is -2.23. The summed E-state index contributed by atoms with van der Waals surface area (Å²) in [5, 5.41) is 5.67.